The largest absolute Gasteiger partial charge is 0.398 e. The van der Waals surface area contributed by atoms with Gasteiger partial charge >= 0.3 is 0 Å². The quantitative estimate of drug-likeness (QED) is 0.751. The van der Waals surface area contributed by atoms with Crippen LogP contribution in [0.5, 0.6) is 0 Å². The van der Waals surface area contributed by atoms with Gasteiger partial charge in [0.25, 0.3) is 0 Å². The Hall–Kier alpha value is -1.61. The average Bonchev–Trinajstić information content (AvgIpc) is 2.20. The van der Waals surface area contributed by atoms with Gasteiger partial charge in [-0.1, -0.05) is 17.7 Å². The molecule has 0 radical (unpaired) electrons. The van der Waals surface area contributed by atoms with Crippen molar-refractivity contribution >= 4 is 17.3 Å². The van der Waals surface area contributed by atoms with Crippen LogP contribution in [0.4, 0.5) is 14.5 Å². The molecule has 1 nitrogen and oxygen atoms in total. The molecule has 0 aliphatic heterocycles. The van der Waals surface area contributed by atoms with Crippen LogP contribution in [0.1, 0.15) is 0 Å². The molecule has 0 fully saturated rings. The Bertz CT molecular complexity index is 520. The number of hydrogen-bond acceptors (Lipinski definition) is 1. The van der Waals surface area contributed by atoms with E-state index in [1.54, 1.807) is 18.2 Å². The molecule has 0 atom stereocenters. The molecule has 2 rings (SSSR count). The summed E-state index contributed by atoms with van der Waals surface area (Å²) in [5, 5.41) is 0.363. The predicted molar refractivity (Wildman–Crippen MR) is 61.2 cm³/mol. The lowest BCUT2D eigenvalue weighted by Gasteiger charge is -2.04. The fraction of sp³-hybridized carbons (Fsp3) is 0. The molecule has 0 unspecified atom stereocenters. The van der Waals surface area contributed by atoms with Crippen LogP contribution in [0.15, 0.2) is 36.4 Å². The molecule has 2 aromatic carbocycles. The van der Waals surface area contributed by atoms with Crippen molar-refractivity contribution in [3.8, 4) is 11.1 Å². The van der Waals surface area contributed by atoms with Gasteiger partial charge in [0.05, 0.1) is 10.7 Å². The van der Waals surface area contributed by atoms with E-state index in [2.05, 4.69) is 0 Å². The van der Waals surface area contributed by atoms with Gasteiger partial charge in [-0.25, -0.2) is 8.78 Å². The molecule has 0 spiro atoms. The number of hydrogen-bond donors (Lipinski definition) is 1. The lowest BCUT2D eigenvalue weighted by Crippen LogP contribution is -1.88. The summed E-state index contributed by atoms with van der Waals surface area (Å²) >= 11 is 5.83. The minimum atomic E-state index is -0.622. The summed E-state index contributed by atoms with van der Waals surface area (Å²) in [5.74, 6) is -1.24. The third-order valence-corrected chi connectivity index (χ3v) is 2.52. The van der Waals surface area contributed by atoms with Crippen LogP contribution in [-0.2, 0) is 0 Å². The van der Waals surface area contributed by atoms with Crippen molar-refractivity contribution in [1.29, 1.82) is 0 Å². The molecular formula is C12H8ClF2N. The van der Waals surface area contributed by atoms with Crippen molar-refractivity contribution in [2.45, 2.75) is 0 Å². The lowest BCUT2D eigenvalue weighted by atomic mass is 10.1. The molecule has 2 aromatic rings. The second kappa shape index (κ2) is 4.10. The van der Waals surface area contributed by atoms with Gasteiger partial charge in [0.15, 0.2) is 0 Å². The highest BCUT2D eigenvalue weighted by Crippen LogP contribution is 2.27. The van der Waals surface area contributed by atoms with Crippen molar-refractivity contribution < 1.29 is 8.78 Å². The number of halogens is 3. The minimum Gasteiger partial charge on any atom is -0.398 e. The van der Waals surface area contributed by atoms with Crippen molar-refractivity contribution in [3.05, 3.63) is 53.1 Å². The summed E-state index contributed by atoms with van der Waals surface area (Å²) in [4.78, 5) is 0. The first kappa shape index (κ1) is 10.9. The maximum Gasteiger partial charge on any atom is 0.126 e. The first-order chi connectivity index (χ1) is 7.56. The van der Waals surface area contributed by atoms with Gasteiger partial charge in [-0.2, -0.15) is 0 Å². The van der Waals surface area contributed by atoms with E-state index < -0.39 is 11.6 Å². The fourth-order valence-electron chi connectivity index (χ4n) is 1.43. The summed E-state index contributed by atoms with van der Waals surface area (Å²) in [6.07, 6.45) is 0. The summed E-state index contributed by atoms with van der Waals surface area (Å²) in [7, 11) is 0. The van der Waals surface area contributed by atoms with Gasteiger partial charge in [0.2, 0.25) is 0 Å². The van der Waals surface area contributed by atoms with E-state index in [-0.39, 0.29) is 0 Å². The number of benzene rings is 2. The molecule has 0 heterocycles. The molecule has 2 N–H and O–H groups in total. The smallest absolute Gasteiger partial charge is 0.126 e. The molecule has 0 amide bonds. The topological polar surface area (TPSA) is 26.0 Å². The van der Waals surface area contributed by atoms with E-state index in [0.717, 1.165) is 6.07 Å². The molecule has 0 saturated carbocycles. The standard InChI is InChI=1S/C12H8ClF2N/c13-11-5-7(1-2-12(11)16)8-3-9(14)6-10(15)4-8/h1-6H,16H2. The van der Waals surface area contributed by atoms with E-state index in [4.69, 9.17) is 17.3 Å². The number of nitrogens with two attached hydrogens (primary N) is 1. The molecule has 0 aliphatic rings. The number of nitrogen functional groups attached to an aromatic ring is 1. The van der Waals surface area contributed by atoms with E-state index in [1.165, 1.54) is 12.1 Å². The molecule has 82 valence electrons. The van der Waals surface area contributed by atoms with Crippen LogP contribution in [0.3, 0.4) is 0 Å². The maximum absolute atomic E-state index is 13.0. The first-order valence-electron chi connectivity index (χ1n) is 4.58. The lowest BCUT2D eigenvalue weighted by molar-refractivity contribution is 0.584. The molecular weight excluding hydrogens is 232 g/mol. The van der Waals surface area contributed by atoms with E-state index >= 15 is 0 Å². The summed E-state index contributed by atoms with van der Waals surface area (Å²) in [6.45, 7) is 0. The molecule has 16 heavy (non-hydrogen) atoms. The van der Waals surface area contributed by atoms with Crippen molar-refractivity contribution in [3.63, 3.8) is 0 Å². The number of rotatable bonds is 1. The minimum absolute atomic E-state index is 0.363. The Morgan fingerprint density at radius 2 is 1.50 bits per heavy atom. The fourth-order valence-corrected chi connectivity index (χ4v) is 1.61. The summed E-state index contributed by atoms with van der Waals surface area (Å²) in [6, 6.07) is 8.14. The normalized spacial score (nSPS) is 10.4. The zero-order valence-corrected chi connectivity index (χ0v) is 8.93. The van der Waals surface area contributed by atoms with Gasteiger partial charge in [0, 0.05) is 6.07 Å². The van der Waals surface area contributed by atoms with Crippen LogP contribution in [0.25, 0.3) is 11.1 Å². The third-order valence-electron chi connectivity index (χ3n) is 2.20. The molecule has 0 saturated heterocycles. The van der Waals surface area contributed by atoms with Crippen molar-refractivity contribution in [2.75, 3.05) is 5.73 Å². The summed E-state index contributed by atoms with van der Waals surface area (Å²) < 4.78 is 26.0. The highest BCUT2D eigenvalue weighted by atomic mass is 35.5. The number of anilines is 1. The Kier molecular flexibility index (Phi) is 2.79. The second-order valence-electron chi connectivity index (χ2n) is 3.39. The Morgan fingerprint density at radius 1 is 0.875 bits per heavy atom. The highest BCUT2D eigenvalue weighted by molar-refractivity contribution is 6.33. The predicted octanol–water partition coefficient (Wildman–Crippen LogP) is 3.87. The van der Waals surface area contributed by atoms with Crippen LogP contribution in [-0.4, -0.2) is 0 Å². The Morgan fingerprint density at radius 3 is 2.06 bits per heavy atom. The van der Waals surface area contributed by atoms with Crippen LogP contribution in [0.2, 0.25) is 5.02 Å². The maximum atomic E-state index is 13.0. The third kappa shape index (κ3) is 2.14. The highest BCUT2D eigenvalue weighted by Gasteiger charge is 2.05. The van der Waals surface area contributed by atoms with Crippen LogP contribution >= 0.6 is 11.6 Å². The van der Waals surface area contributed by atoms with Crippen molar-refractivity contribution in [1.82, 2.24) is 0 Å². The summed E-state index contributed by atoms with van der Waals surface area (Å²) in [5.41, 5.74) is 7.03. The van der Waals surface area contributed by atoms with E-state index in [0.29, 0.717) is 21.8 Å². The van der Waals surface area contributed by atoms with E-state index in [9.17, 15) is 8.78 Å². The monoisotopic (exact) mass is 239 g/mol. The van der Waals surface area contributed by atoms with Crippen LogP contribution < -0.4 is 5.73 Å². The zero-order valence-electron chi connectivity index (χ0n) is 8.18. The van der Waals surface area contributed by atoms with Crippen LogP contribution in [0, 0.1) is 11.6 Å². The second-order valence-corrected chi connectivity index (χ2v) is 3.80. The van der Waals surface area contributed by atoms with Crippen molar-refractivity contribution in [2.24, 2.45) is 0 Å². The average molecular weight is 240 g/mol. The van der Waals surface area contributed by atoms with Gasteiger partial charge in [-0.3, -0.25) is 0 Å². The molecule has 4 heteroatoms. The Labute approximate surface area is 96.5 Å². The Balaban J connectivity index is 2.54. The SMILES string of the molecule is Nc1ccc(-c2cc(F)cc(F)c2)cc1Cl. The molecule has 0 aliphatic carbocycles. The first-order valence-corrected chi connectivity index (χ1v) is 4.95. The molecule has 0 bridgehead atoms. The van der Waals surface area contributed by atoms with E-state index in [1.807, 2.05) is 0 Å². The van der Waals surface area contributed by atoms with Gasteiger partial charge in [-0.05, 0) is 35.4 Å². The zero-order chi connectivity index (χ0) is 11.7. The van der Waals surface area contributed by atoms with Gasteiger partial charge in [-0.15, -0.1) is 0 Å². The molecule has 0 aromatic heterocycles. The van der Waals surface area contributed by atoms with Gasteiger partial charge in [0.1, 0.15) is 11.6 Å². The van der Waals surface area contributed by atoms with Gasteiger partial charge < -0.3 is 5.73 Å².